The zero-order valence-electron chi connectivity index (χ0n) is 17.2. The van der Waals surface area contributed by atoms with E-state index in [1.807, 2.05) is 6.07 Å². The number of amides is 4. The lowest BCUT2D eigenvalue weighted by atomic mass is 9.81. The van der Waals surface area contributed by atoms with Crippen molar-refractivity contribution in [2.24, 2.45) is 11.8 Å². The highest BCUT2D eigenvalue weighted by Crippen LogP contribution is 2.38. The van der Waals surface area contributed by atoms with Gasteiger partial charge in [0.15, 0.2) is 0 Å². The summed E-state index contributed by atoms with van der Waals surface area (Å²) in [6.45, 7) is 0.0691. The average Bonchev–Trinajstić information content (AvgIpc) is 3.23. The Morgan fingerprint density at radius 1 is 0.933 bits per heavy atom. The number of hydrazine groups is 1. The third kappa shape index (κ3) is 4.43. The molecular weight excluding hydrogens is 402 g/mol. The van der Waals surface area contributed by atoms with Gasteiger partial charge in [-0.2, -0.15) is 0 Å². The summed E-state index contributed by atoms with van der Waals surface area (Å²) in [6.07, 6.45) is 10.3. The first kappa shape index (κ1) is 21.0. The smallest absolute Gasteiger partial charge is 0.279 e. The van der Waals surface area contributed by atoms with Crippen LogP contribution in [-0.2, 0) is 27.2 Å². The number of nitrogens with one attached hydrogen (secondary N) is 2. The molecule has 3 aliphatic rings. The largest absolute Gasteiger partial charge is 0.282 e. The van der Waals surface area contributed by atoms with E-state index in [4.69, 9.17) is 0 Å². The molecule has 30 heavy (non-hydrogen) atoms. The Kier molecular flexibility index (Phi) is 6.51. The molecule has 2 unspecified atom stereocenters. The van der Waals surface area contributed by atoms with Gasteiger partial charge in [-0.05, 0) is 50.2 Å². The average molecular weight is 432 g/mol. The van der Waals surface area contributed by atoms with Crippen LogP contribution in [0, 0.1) is 11.8 Å². The molecule has 1 saturated heterocycles. The van der Waals surface area contributed by atoms with Crippen molar-refractivity contribution in [3.63, 3.8) is 0 Å². The van der Waals surface area contributed by atoms with Gasteiger partial charge >= 0.3 is 0 Å². The Bertz CT molecular complexity index is 800. The van der Waals surface area contributed by atoms with Gasteiger partial charge in [0.2, 0.25) is 17.7 Å². The van der Waals surface area contributed by atoms with Crippen LogP contribution in [0.5, 0.6) is 0 Å². The first-order chi connectivity index (χ1) is 14.5. The number of aryl methyl sites for hydroxylation is 2. The maximum Gasteiger partial charge on any atom is 0.279 e. The third-order valence-electron chi connectivity index (χ3n) is 6.53. The number of likely N-dealkylation sites (tertiary alicyclic amines) is 1. The lowest BCUT2D eigenvalue weighted by molar-refractivity contribution is -0.140. The van der Waals surface area contributed by atoms with Crippen molar-refractivity contribution >= 4 is 35.0 Å². The second kappa shape index (κ2) is 9.29. The van der Waals surface area contributed by atoms with Crippen LogP contribution in [0.4, 0.5) is 0 Å². The van der Waals surface area contributed by atoms with E-state index in [1.165, 1.54) is 39.5 Å². The van der Waals surface area contributed by atoms with Gasteiger partial charge < -0.3 is 0 Å². The second-order valence-electron chi connectivity index (χ2n) is 8.55. The summed E-state index contributed by atoms with van der Waals surface area (Å²) >= 11 is 1.50. The summed E-state index contributed by atoms with van der Waals surface area (Å²) in [5, 5.41) is 0. The van der Waals surface area contributed by atoms with Crippen molar-refractivity contribution in [1.29, 1.82) is 0 Å². The third-order valence-corrected chi connectivity index (χ3v) is 7.77. The van der Waals surface area contributed by atoms with Gasteiger partial charge in [-0.25, -0.2) is 0 Å². The van der Waals surface area contributed by atoms with Crippen molar-refractivity contribution in [2.75, 3.05) is 6.54 Å². The van der Waals surface area contributed by atoms with Crippen LogP contribution in [0.3, 0.4) is 0 Å². The van der Waals surface area contributed by atoms with Crippen molar-refractivity contribution in [2.45, 2.75) is 70.6 Å². The van der Waals surface area contributed by atoms with Gasteiger partial charge in [-0.3, -0.25) is 34.9 Å². The molecule has 4 rings (SSSR count). The Morgan fingerprint density at radius 2 is 1.60 bits per heavy atom. The van der Waals surface area contributed by atoms with Gasteiger partial charge in [0.25, 0.3) is 5.91 Å². The van der Waals surface area contributed by atoms with Crippen LogP contribution >= 0.6 is 11.3 Å². The van der Waals surface area contributed by atoms with Gasteiger partial charge in [0.1, 0.15) is 0 Å². The van der Waals surface area contributed by atoms with E-state index in [0.29, 0.717) is 4.88 Å². The number of fused-ring (bicyclic) bond motifs is 2. The molecule has 0 bridgehead atoms. The molecule has 162 valence electrons. The standard InChI is InChI=1S/C22H29N3O4S/c26-19(11-12-25-21(28)15-8-5-6-9-16(15)22(25)29)23-24-20(27)18-13-14-7-3-1-2-4-10-17(14)30-18/h13,15-16H,1-12H2,(H,23,26)(H,24,27). The van der Waals surface area contributed by atoms with Gasteiger partial charge in [0, 0.05) is 17.8 Å². The number of thiophene rings is 1. The minimum atomic E-state index is -0.409. The van der Waals surface area contributed by atoms with E-state index in [-0.39, 0.29) is 42.5 Å². The van der Waals surface area contributed by atoms with Gasteiger partial charge in [0.05, 0.1) is 16.7 Å². The SMILES string of the molecule is O=C(CCN1C(=O)C2CCCCC2C1=O)NNC(=O)c1cc2c(s1)CCCCCC2. The predicted octanol–water partition coefficient (Wildman–Crippen LogP) is 2.73. The number of hydrogen-bond acceptors (Lipinski definition) is 5. The molecule has 0 aromatic carbocycles. The van der Waals surface area contributed by atoms with Crippen molar-refractivity contribution in [1.82, 2.24) is 15.8 Å². The summed E-state index contributed by atoms with van der Waals surface area (Å²) in [6, 6.07) is 1.94. The highest BCUT2D eigenvalue weighted by molar-refractivity contribution is 7.14. The summed E-state index contributed by atoms with van der Waals surface area (Å²) < 4.78 is 0. The first-order valence-corrected chi connectivity index (χ1v) is 11.9. The van der Waals surface area contributed by atoms with Crippen molar-refractivity contribution in [3.05, 3.63) is 21.4 Å². The molecule has 0 spiro atoms. The van der Waals surface area contributed by atoms with Crippen LogP contribution in [-0.4, -0.2) is 35.1 Å². The predicted molar refractivity (Wildman–Crippen MR) is 113 cm³/mol. The van der Waals surface area contributed by atoms with E-state index in [0.717, 1.165) is 51.4 Å². The van der Waals surface area contributed by atoms with Crippen LogP contribution in [0.2, 0.25) is 0 Å². The molecule has 2 aliphatic carbocycles. The Balaban J connectivity index is 1.26. The van der Waals surface area contributed by atoms with Crippen LogP contribution in [0.25, 0.3) is 0 Å². The lowest BCUT2D eigenvalue weighted by Crippen LogP contribution is -2.43. The molecule has 4 amide bonds. The molecule has 1 aromatic rings. The highest BCUT2D eigenvalue weighted by Gasteiger charge is 2.47. The van der Waals surface area contributed by atoms with Crippen LogP contribution in [0.1, 0.15) is 77.9 Å². The minimum absolute atomic E-state index is 0.0157. The summed E-state index contributed by atoms with van der Waals surface area (Å²) in [7, 11) is 0. The summed E-state index contributed by atoms with van der Waals surface area (Å²) in [5.74, 6) is -1.41. The molecule has 8 heteroatoms. The number of carbonyl (C=O) groups excluding carboxylic acids is 4. The Hall–Kier alpha value is -2.22. The Labute approximate surface area is 180 Å². The van der Waals surface area contributed by atoms with Crippen LogP contribution < -0.4 is 10.9 Å². The van der Waals surface area contributed by atoms with Crippen LogP contribution in [0.15, 0.2) is 6.07 Å². The van der Waals surface area contributed by atoms with E-state index in [9.17, 15) is 19.2 Å². The molecule has 2 fully saturated rings. The zero-order valence-corrected chi connectivity index (χ0v) is 18.0. The maximum atomic E-state index is 12.5. The number of nitrogens with zero attached hydrogens (tertiary/aromatic N) is 1. The minimum Gasteiger partial charge on any atom is -0.282 e. The van der Waals surface area contributed by atoms with E-state index in [2.05, 4.69) is 10.9 Å². The van der Waals surface area contributed by atoms with E-state index < -0.39 is 5.91 Å². The topological polar surface area (TPSA) is 95.6 Å². The van der Waals surface area contributed by atoms with Gasteiger partial charge in [-0.15, -0.1) is 11.3 Å². The number of imide groups is 1. The molecule has 1 aliphatic heterocycles. The quantitative estimate of drug-likeness (QED) is 0.566. The molecule has 1 aromatic heterocycles. The zero-order chi connectivity index (χ0) is 21.1. The monoisotopic (exact) mass is 431 g/mol. The number of carbonyl (C=O) groups is 4. The number of hydrogen-bond donors (Lipinski definition) is 2. The molecule has 2 N–H and O–H groups in total. The van der Waals surface area contributed by atoms with E-state index in [1.54, 1.807) is 0 Å². The second-order valence-corrected chi connectivity index (χ2v) is 9.69. The van der Waals surface area contributed by atoms with Gasteiger partial charge in [-0.1, -0.05) is 25.7 Å². The molecule has 2 heterocycles. The number of rotatable bonds is 4. The van der Waals surface area contributed by atoms with E-state index >= 15 is 0 Å². The maximum absolute atomic E-state index is 12.5. The lowest BCUT2D eigenvalue weighted by Gasteiger charge is -2.19. The molecule has 1 saturated carbocycles. The molecular formula is C22H29N3O4S. The summed E-state index contributed by atoms with van der Waals surface area (Å²) in [4.78, 5) is 52.7. The highest BCUT2D eigenvalue weighted by atomic mass is 32.1. The van der Waals surface area contributed by atoms with Crippen molar-refractivity contribution < 1.29 is 19.2 Å². The normalized spacial score (nSPS) is 23.9. The fourth-order valence-electron chi connectivity index (χ4n) is 4.87. The molecule has 2 atom stereocenters. The summed E-state index contributed by atoms with van der Waals surface area (Å²) in [5.41, 5.74) is 6.15. The molecule has 7 nitrogen and oxygen atoms in total. The fourth-order valence-corrected chi connectivity index (χ4v) is 6.02. The van der Waals surface area contributed by atoms with Crippen molar-refractivity contribution in [3.8, 4) is 0 Å². The fraction of sp³-hybridized carbons (Fsp3) is 0.636. The Morgan fingerprint density at radius 3 is 2.30 bits per heavy atom. The molecule has 0 radical (unpaired) electrons. The first-order valence-electron chi connectivity index (χ1n) is 11.1.